The summed E-state index contributed by atoms with van der Waals surface area (Å²) < 4.78 is 7.14. The minimum Gasteiger partial charge on any atom is -0.506 e. The summed E-state index contributed by atoms with van der Waals surface area (Å²) in [6.45, 7) is 1.65. The number of amides is 1. The van der Waals surface area contributed by atoms with E-state index in [0.717, 1.165) is 14.5 Å². The van der Waals surface area contributed by atoms with Gasteiger partial charge < -0.3 is 9.84 Å². The number of nitrogens with zero attached hydrogens (tertiary/aromatic N) is 1. The van der Waals surface area contributed by atoms with Crippen LogP contribution in [0.2, 0.25) is 10.0 Å². The van der Waals surface area contributed by atoms with Crippen molar-refractivity contribution >= 4 is 67.2 Å². The first-order valence-corrected chi connectivity index (χ1v) is 9.20. The molecule has 2 aromatic carbocycles. The first-order chi connectivity index (χ1) is 11.8. The second kappa shape index (κ2) is 8.89. The Kier molecular flexibility index (Phi) is 7.13. The number of hydrazone groups is 1. The number of phenolic OH excluding ortho intramolecular Hbond substituents is 1. The third-order valence-electron chi connectivity index (χ3n) is 2.99. The van der Waals surface area contributed by atoms with E-state index in [-0.39, 0.29) is 22.9 Å². The lowest BCUT2D eigenvalue weighted by molar-refractivity contribution is -0.123. The van der Waals surface area contributed by atoms with E-state index in [1.165, 1.54) is 18.3 Å². The van der Waals surface area contributed by atoms with Gasteiger partial charge in [-0.2, -0.15) is 5.10 Å². The number of carbonyl (C=O) groups excluding carboxylic acids is 1. The Labute approximate surface area is 171 Å². The lowest BCUT2D eigenvalue weighted by Crippen LogP contribution is -2.24. The van der Waals surface area contributed by atoms with Gasteiger partial charge in [-0.05, 0) is 52.7 Å². The van der Waals surface area contributed by atoms with E-state index in [2.05, 4.69) is 42.4 Å². The molecule has 0 atom stereocenters. The molecule has 0 saturated carbocycles. The molecule has 25 heavy (non-hydrogen) atoms. The summed E-state index contributed by atoms with van der Waals surface area (Å²) in [5.41, 5.74) is 3.46. The molecule has 9 heteroatoms. The summed E-state index contributed by atoms with van der Waals surface area (Å²) >= 11 is 18.4. The highest BCUT2D eigenvalue weighted by molar-refractivity contribution is 9.11. The van der Waals surface area contributed by atoms with Crippen LogP contribution in [-0.2, 0) is 4.79 Å². The Morgan fingerprint density at radius 1 is 1.32 bits per heavy atom. The second-order valence-electron chi connectivity index (χ2n) is 4.94. The van der Waals surface area contributed by atoms with Crippen LogP contribution in [0.5, 0.6) is 11.5 Å². The van der Waals surface area contributed by atoms with E-state index in [9.17, 15) is 9.90 Å². The standard InChI is InChI=1S/C16H12Br2Cl2N2O3/c1-8-2-10(17)4-12(18)16(8)25-7-14(23)22-21-6-9-3-11(19)5-13(20)15(9)24/h2-6,24H,7H2,1H3,(H,22,23)/b21-6+. The van der Waals surface area contributed by atoms with Crippen molar-refractivity contribution in [3.05, 3.63) is 54.4 Å². The Morgan fingerprint density at radius 2 is 2.04 bits per heavy atom. The van der Waals surface area contributed by atoms with E-state index >= 15 is 0 Å². The molecule has 2 N–H and O–H groups in total. The molecule has 1 amide bonds. The van der Waals surface area contributed by atoms with Gasteiger partial charge in [-0.25, -0.2) is 5.43 Å². The molecule has 0 saturated heterocycles. The van der Waals surface area contributed by atoms with E-state index in [0.29, 0.717) is 10.8 Å². The van der Waals surface area contributed by atoms with Gasteiger partial charge in [0.1, 0.15) is 11.5 Å². The van der Waals surface area contributed by atoms with Gasteiger partial charge in [0.15, 0.2) is 6.61 Å². The fraction of sp³-hybridized carbons (Fsp3) is 0.125. The molecule has 0 fully saturated rings. The van der Waals surface area contributed by atoms with Crippen molar-refractivity contribution in [2.24, 2.45) is 5.10 Å². The zero-order valence-corrected chi connectivity index (χ0v) is 17.5. The number of halogens is 4. The normalized spacial score (nSPS) is 10.9. The van der Waals surface area contributed by atoms with Crippen molar-refractivity contribution in [2.45, 2.75) is 6.92 Å². The van der Waals surface area contributed by atoms with Crippen LogP contribution in [0.25, 0.3) is 0 Å². The first kappa shape index (κ1) is 20.0. The van der Waals surface area contributed by atoms with E-state index in [1.807, 2.05) is 19.1 Å². The molecule has 0 bridgehead atoms. The smallest absolute Gasteiger partial charge is 0.277 e. The topological polar surface area (TPSA) is 70.9 Å². The fourth-order valence-electron chi connectivity index (χ4n) is 1.90. The first-order valence-electron chi connectivity index (χ1n) is 6.86. The zero-order chi connectivity index (χ0) is 18.6. The van der Waals surface area contributed by atoms with Crippen molar-refractivity contribution < 1.29 is 14.6 Å². The maximum Gasteiger partial charge on any atom is 0.277 e. The molecule has 0 aromatic heterocycles. The van der Waals surface area contributed by atoms with Crippen LogP contribution >= 0.6 is 55.1 Å². The van der Waals surface area contributed by atoms with Crippen molar-refractivity contribution in [3.63, 3.8) is 0 Å². The number of carbonyl (C=O) groups is 1. The largest absolute Gasteiger partial charge is 0.506 e. The van der Waals surface area contributed by atoms with E-state index in [1.54, 1.807) is 0 Å². The van der Waals surface area contributed by atoms with Gasteiger partial charge in [-0.15, -0.1) is 0 Å². The number of hydrogen-bond donors (Lipinski definition) is 2. The third kappa shape index (κ3) is 5.60. The molecular formula is C16H12Br2Cl2N2O3. The maximum absolute atomic E-state index is 11.8. The van der Waals surface area contributed by atoms with Crippen LogP contribution < -0.4 is 10.2 Å². The Morgan fingerprint density at radius 3 is 2.72 bits per heavy atom. The number of rotatable bonds is 5. The summed E-state index contributed by atoms with van der Waals surface area (Å²) in [7, 11) is 0. The highest BCUT2D eigenvalue weighted by atomic mass is 79.9. The Balaban J connectivity index is 1.96. The van der Waals surface area contributed by atoms with Gasteiger partial charge in [0.05, 0.1) is 15.7 Å². The van der Waals surface area contributed by atoms with Crippen LogP contribution in [0.3, 0.4) is 0 Å². The lowest BCUT2D eigenvalue weighted by Gasteiger charge is -2.10. The average molecular weight is 511 g/mol. The summed E-state index contributed by atoms with van der Waals surface area (Å²) in [4.78, 5) is 11.8. The molecule has 5 nitrogen and oxygen atoms in total. The Hall–Kier alpha value is -1.28. The predicted molar refractivity (Wildman–Crippen MR) is 106 cm³/mol. The monoisotopic (exact) mass is 508 g/mol. The number of nitrogens with one attached hydrogen (secondary N) is 1. The maximum atomic E-state index is 11.8. The minimum atomic E-state index is -0.460. The van der Waals surface area contributed by atoms with Crippen LogP contribution in [0.15, 0.2) is 38.3 Å². The molecule has 2 rings (SSSR count). The van der Waals surface area contributed by atoms with Crippen molar-refractivity contribution in [2.75, 3.05) is 6.61 Å². The summed E-state index contributed by atoms with van der Waals surface area (Å²) in [5, 5.41) is 14.0. The van der Waals surface area contributed by atoms with Gasteiger partial charge in [0.2, 0.25) is 0 Å². The van der Waals surface area contributed by atoms with Crippen LogP contribution in [0.1, 0.15) is 11.1 Å². The number of aromatic hydroxyl groups is 1. The summed E-state index contributed by atoms with van der Waals surface area (Å²) in [5.74, 6) is -0.0607. The minimum absolute atomic E-state index is 0.0965. The number of phenols is 1. The molecular weight excluding hydrogens is 499 g/mol. The highest BCUT2D eigenvalue weighted by Crippen LogP contribution is 2.32. The van der Waals surface area contributed by atoms with Crippen LogP contribution in [-0.4, -0.2) is 23.8 Å². The summed E-state index contributed by atoms with van der Waals surface area (Å²) in [6, 6.07) is 6.57. The molecule has 0 radical (unpaired) electrons. The molecule has 0 aliphatic heterocycles. The molecule has 2 aromatic rings. The van der Waals surface area contributed by atoms with Gasteiger partial charge >= 0.3 is 0 Å². The van der Waals surface area contributed by atoms with Gasteiger partial charge in [-0.3, -0.25) is 4.79 Å². The molecule has 132 valence electrons. The second-order valence-corrected chi connectivity index (χ2v) is 7.55. The van der Waals surface area contributed by atoms with Gasteiger partial charge in [0.25, 0.3) is 5.91 Å². The number of aryl methyl sites for hydroxylation is 1. The van der Waals surface area contributed by atoms with E-state index < -0.39 is 5.91 Å². The van der Waals surface area contributed by atoms with Crippen molar-refractivity contribution in [1.29, 1.82) is 0 Å². The van der Waals surface area contributed by atoms with E-state index in [4.69, 9.17) is 27.9 Å². The lowest BCUT2D eigenvalue weighted by atomic mass is 10.2. The molecule has 0 unspecified atom stereocenters. The zero-order valence-electron chi connectivity index (χ0n) is 12.8. The number of benzene rings is 2. The van der Waals surface area contributed by atoms with Crippen LogP contribution in [0.4, 0.5) is 0 Å². The number of hydrogen-bond acceptors (Lipinski definition) is 4. The van der Waals surface area contributed by atoms with Crippen molar-refractivity contribution in [1.82, 2.24) is 5.43 Å². The highest BCUT2D eigenvalue weighted by Gasteiger charge is 2.10. The summed E-state index contributed by atoms with van der Waals surface area (Å²) in [6.07, 6.45) is 1.24. The van der Waals surface area contributed by atoms with Gasteiger partial charge in [0, 0.05) is 15.1 Å². The third-order valence-corrected chi connectivity index (χ3v) is 4.55. The Bertz CT molecular complexity index is 821. The van der Waals surface area contributed by atoms with Crippen molar-refractivity contribution in [3.8, 4) is 11.5 Å². The predicted octanol–water partition coefficient (Wildman–Crippen LogP) is 5.06. The van der Waals surface area contributed by atoms with Gasteiger partial charge in [-0.1, -0.05) is 39.1 Å². The average Bonchev–Trinajstić information content (AvgIpc) is 2.50. The van der Waals surface area contributed by atoms with Crippen LogP contribution in [0, 0.1) is 6.92 Å². The molecule has 0 aliphatic rings. The SMILES string of the molecule is Cc1cc(Br)cc(Br)c1OCC(=O)N/N=C/c1cc(Cl)cc(Cl)c1O. The molecule has 0 aliphatic carbocycles. The quantitative estimate of drug-likeness (QED) is 0.436. The molecule has 0 heterocycles. The molecule has 0 spiro atoms. The number of ether oxygens (including phenoxy) is 1. The fourth-order valence-corrected chi connectivity index (χ4v) is 3.96.